The SMILES string of the molecule is CCCC(CNC(=O)c1cccnc1)C(=O)O. The largest absolute Gasteiger partial charge is 0.481 e. The van der Waals surface area contributed by atoms with Gasteiger partial charge in [-0.2, -0.15) is 0 Å². The monoisotopic (exact) mass is 236 g/mol. The zero-order chi connectivity index (χ0) is 12.7. The van der Waals surface area contributed by atoms with Crippen molar-refractivity contribution in [3.05, 3.63) is 30.1 Å². The molecule has 92 valence electrons. The van der Waals surface area contributed by atoms with E-state index in [2.05, 4.69) is 10.3 Å². The average Bonchev–Trinajstić information content (AvgIpc) is 2.34. The Labute approximate surface area is 99.9 Å². The predicted molar refractivity (Wildman–Crippen MR) is 62.6 cm³/mol. The van der Waals surface area contributed by atoms with Crippen molar-refractivity contribution in [2.24, 2.45) is 5.92 Å². The number of pyridine rings is 1. The van der Waals surface area contributed by atoms with Crippen molar-refractivity contribution in [1.82, 2.24) is 10.3 Å². The van der Waals surface area contributed by atoms with Crippen LogP contribution in [0, 0.1) is 5.92 Å². The summed E-state index contributed by atoms with van der Waals surface area (Å²) in [6, 6.07) is 3.30. The summed E-state index contributed by atoms with van der Waals surface area (Å²) in [7, 11) is 0. The summed E-state index contributed by atoms with van der Waals surface area (Å²) in [6.45, 7) is 2.07. The van der Waals surface area contributed by atoms with Gasteiger partial charge in [0.1, 0.15) is 0 Å². The Hall–Kier alpha value is -1.91. The number of aromatic nitrogens is 1. The third kappa shape index (κ3) is 4.22. The van der Waals surface area contributed by atoms with Gasteiger partial charge in [0, 0.05) is 18.9 Å². The van der Waals surface area contributed by atoms with Crippen molar-refractivity contribution >= 4 is 11.9 Å². The highest BCUT2D eigenvalue weighted by molar-refractivity contribution is 5.94. The van der Waals surface area contributed by atoms with E-state index in [1.807, 2.05) is 6.92 Å². The molecule has 1 aromatic heterocycles. The van der Waals surface area contributed by atoms with Crippen molar-refractivity contribution in [1.29, 1.82) is 0 Å². The maximum absolute atomic E-state index is 11.6. The standard InChI is InChI=1S/C12H16N2O3/c1-2-4-10(12(16)17)8-14-11(15)9-5-3-6-13-7-9/h3,5-7,10H,2,4,8H2,1H3,(H,14,15)(H,16,17). The van der Waals surface area contributed by atoms with E-state index in [-0.39, 0.29) is 12.5 Å². The highest BCUT2D eigenvalue weighted by Crippen LogP contribution is 2.05. The van der Waals surface area contributed by atoms with Crippen LogP contribution in [0.3, 0.4) is 0 Å². The van der Waals surface area contributed by atoms with Crippen LogP contribution in [-0.2, 0) is 4.79 Å². The van der Waals surface area contributed by atoms with Gasteiger partial charge < -0.3 is 10.4 Å². The summed E-state index contributed by atoms with van der Waals surface area (Å²) in [5.41, 5.74) is 0.438. The number of carboxylic acid groups (broad SMARTS) is 1. The molecule has 0 bridgehead atoms. The van der Waals surface area contributed by atoms with Gasteiger partial charge in [-0.25, -0.2) is 0 Å². The number of hydrogen-bond donors (Lipinski definition) is 2. The van der Waals surface area contributed by atoms with Gasteiger partial charge >= 0.3 is 5.97 Å². The third-order valence-electron chi connectivity index (χ3n) is 2.42. The van der Waals surface area contributed by atoms with E-state index in [0.717, 1.165) is 6.42 Å². The first-order valence-corrected chi connectivity index (χ1v) is 5.56. The molecule has 0 spiro atoms. The van der Waals surface area contributed by atoms with Crippen molar-refractivity contribution in [3.63, 3.8) is 0 Å². The van der Waals surface area contributed by atoms with Crippen molar-refractivity contribution in [2.75, 3.05) is 6.54 Å². The Morgan fingerprint density at radius 2 is 2.29 bits per heavy atom. The molecule has 1 unspecified atom stereocenters. The lowest BCUT2D eigenvalue weighted by atomic mass is 10.0. The van der Waals surface area contributed by atoms with E-state index in [9.17, 15) is 9.59 Å². The summed E-state index contributed by atoms with van der Waals surface area (Å²) in [5.74, 6) is -1.69. The van der Waals surface area contributed by atoms with Crippen LogP contribution < -0.4 is 5.32 Å². The quantitative estimate of drug-likeness (QED) is 0.780. The van der Waals surface area contributed by atoms with Crippen LogP contribution in [0.4, 0.5) is 0 Å². The molecule has 0 aliphatic heterocycles. The number of carboxylic acids is 1. The Bertz CT molecular complexity index is 379. The van der Waals surface area contributed by atoms with Gasteiger partial charge in [-0.15, -0.1) is 0 Å². The molecule has 0 radical (unpaired) electrons. The van der Waals surface area contributed by atoms with Crippen LogP contribution in [0.25, 0.3) is 0 Å². The summed E-state index contributed by atoms with van der Waals surface area (Å²) in [5, 5.41) is 11.5. The second kappa shape index (κ2) is 6.62. The molecular weight excluding hydrogens is 220 g/mol. The van der Waals surface area contributed by atoms with Gasteiger partial charge in [-0.05, 0) is 18.6 Å². The molecule has 1 aromatic rings. The highest BCUT2D eigenvalue weighted by atomic mass is 16.4. The van der Waals surface area contributed by atoms with Gasteiger partial charge in [0.25, 0.3) is 5.91 Å². The summed E-state index contributed by atoms with van der Waals surface area (Å²) >= 11 is 0. The van der Waals surface area contributed by atoms with E-state index in [4.69, 9.17) is 5.11 Å². The summed E-state index contributed by atoms with van der Waals surface area (Å²) in [6.07, 6.45) is 4.36. The molecule has 0 aromatic carbocycles. The van der Waals surface area contributed by atoms with Gasteiger partial charge in [-0.1, -0.05) is 13.3 Å². The molecule has 0 saturated heterocycles. The van der Waals surface area contributed by atoms with Crippen molar-refractivity contribution < 1.29 is 14.7 Å². The van der Waals surface area contributed by atoms with Crippen molar-refractivity contribution in [3.8, 4) is 0 Å². The van der Waals surface area contributed by atoms with Crippen LogP contribution in [0.5, 0.6) is 0 Å². The smallest absolute Gasteiger partial charge is 0.308 e. The molecular formula is C12H16N2O3. The molecule has 0 aliphatic carbocycles. The Morgan fingerprint density at radius 1 is 1.53 bits per heavy atom. The lowest BCUT2D eigenvalue weighted by molar-refractivity contribution is -0.141. The molecule has 5 heteroatoms. The number of aliphatic carboxylic acids is 1. The first-order valence-electron chi connectivity index (χ1n) is 5.56. The number of carbonyl (C=O) groups excluding carboxylic acids is 1. The minimum Gasteiger partial charge on any atom is -0.481 e. The number of hydrogen-bond acceptors (Lipinski definition) is 3. The zero-order valence-electron chi connectivity index (χ0n) is 9.72. The maximum atomic E-state index is 11.6. The molecule has 17 heavy (non-hydrogen) atoms. The fourth-order valence-electron chi connectivity index (χ4n) is 1.48. The van der Waals surface area contributed by atoms with Gasteiger partial charge in [0.15, 0.2) is 0 Å². The normalized spacial score (nSPS) is 11.8. The first-order chi connectivity index (χ1) is 8.15. The summed E-state index contributed by atoms with van der Waals surface area (Å²) in [4.78, 5) is 26.3. The van der Waals surface area contributed by atoms with E-state index in [1.165, 1.54) is 6.20 Å². The van der Waals surface area contributed by atoms with E-state index < -0.39 is 11.9 Å². The first kappa shape index (κ1) is 13.2. The molecule has 1 amide bonds. The van der Waals surface area contributed by atoms with E-state index in [1.54, 1.807) is 18.3 Å². The Morgan fingerprint density at radius 3 is 2.82 bits per heavy atom. The molecule has 0 saturated carbocycles. The predicted octanol–water partition coefficient (Wildman–Crippen LogP) is 1.31. The van der Waals surface area contributed by atoms with Gasteiger partial charge in [-0.3, -0.25) is 14.6 Å². The van der Waals surface area contributed by atoms with Crippen LogP contribution in [0.2, 0.25) is 0 Å². The van der Waals surface area contributed by atoms with Crippen LogP contribution in [0.1, 0.15) is 30.1 Å². The molecule has 0 fully saturated rings. The molecule has 1 rings (SSSR count). The molecule has 2 N–H and O–H groups in total. The summed E-state index contributed by atoms with van der Waals surface area (Å²) < 4.78 is 0. The van der Waals surface area contributed by atoms with E-state index >= 15 is 0 Å². The Balaban J connectivity index is 2.49. The fraction of sp³-hybridized carbons (Fsp3) is 0.417. The Kier molecular flexibility index (Phi) is 5.13. The second-order valence-corrected chi connectivity index (χ2v) is 3.78. The topological polar surface area (TPSA) is 79.3 Å². The minimum atomic E-state index is -0.877. The van der Waals surface area contributed by atoms with E-state index in [0.29, 0.717) is 12.0 Å². The lowest BCUT2D eigenvalue weighted by Gasteiger charge is -2.12. The number of nitrogens with zero attached hydrogens (tertiary/aromatic N) is 1. The van der Waals surface area contributed by atoms with Crippen molar-refractivity contribution in [2.45, 2.75) is 19.8 Å². The molecule has 1 heterocycles. The number of nitrogens with one attached hydrogen (secondary N) is 1. The maximum Gasteiger partial charge on any atom is 0.308 e. The zero-order valence-corrected chi connectivity index (χ0v) is 9.72. The number of carbonyl (C=O) groups is 2. The van der Waals surface area contributed by atoms with Gasteiger partial charge in [0.2, 0.25) is 0 Å². The lowest BCUT2D eigenvalue weighted by Crippen LogP contribution is -2.32. The number of amides is 1. The second-order valence-electron chi connectivity index (χ2n) is 3.78. The average molecular weight is 236 g/mol. The van der Waals surface area contributed by atoms with Crippen LogP contribution >= 0.6 is 0 Å². The van der Waals surface area contributed by atoms with Gasteiger partial charge in [0.05, 0.1) is 11.5 Å². The minimum absolute atomic E-state index is 0.150. The molecule has 1 atom stereocenters. The van der Waals surface area contributed by atoms with Crippen LogP contribution in [-0.4, -0.2) is 28.5 Å². The highest BCUT2D eigenvalue weighted by Gasteiger charge is 2.17. The number of rotatable bonds is 6. The van der Waals surface area contributed by atoms with Crippen LogP contribution in [0.15, 0.2) is 24.5 Å². The molecule has 0 aliphatic rings. The third-order valence-corrected chi connectivity index (χ3v) is 2.42. The fourth-order valence-corrected chi connectivity index (χ4v) is 1.48. The molecule has 5 nitrogen and oxygen atoms in total.